The lowest BCUT2D eigenvalue weighted by atomic mass is 10.1. The minimum absolute atomic E-state index is 0.0316. The number of benzene rings is 1. The Morgan fingerprint density at radius 3 is 2.68 bits per heavy atom. The third-order valence-corrected chi connectivity index (χ3v) is 5.71. The topological polar surface area (TPSA) is 64.0 Å². The highest BCUT2D eigenvalue weighted by molar-refractivity contribution is 8.00. The van der Waals surface area contributed by atoms with Gasteiger partial charge >= 0.3 is 0 Å². The monoisotopic (exact) mass is 357 g/mol. The summed E-state index contributed by atoms with van der Waals surface area (Å²) in [5.74, 6) is 0.529. The second kappa shape index (κ2) is 8.85. The molecule has 0 saturated heterocycles. The highest BCUT2D eigenvalue weighted by atomic mass is 32.2. The van der Waals surface area contributed by atoms with Crippen LogP contribution in [0.3, 0.4) is 0 Å². The lowest BCUT2D eigenvalue weighted by Gasteiger charge is -2.10. The second-order valence-corrected chi connectivity index (χ2v) is 7.50. The van der Waals surface area contributed by atoms with E-state index in [0.29, 0.717) is 24.1 Å². The lowest BCUT2D eigenvalue weighted by Crippen LogP contribution is -2.33. The van der Waals surface area contributed by atoms with E-state index in [0.717, 1.165) is 11.3 Å². The summed E-state index contributed by atoms with van der Waals surface area (Å²) in [5, 5.41) is 7.91. The van der Waals surface area contributed by atoms with Crippen LogP contribution in [0, 0.1) is 0 Å². The maximum Gasteiger partial charge on any atom is 0.266 e. The van der Waals surface area contributed by atoms with Gasteiger partial charge in [-0.3, -0.25) is 9.59 Å². The van der Waals surface area contributed by atoms with Gasteiger partial charge in [0.15, 0.2) is 0 Å². The van der Waals surface area contributed by atoms with E-state index in [-0.39, 0.29) is 11.5 Å². The third kappa shape index (κ3) is 5.19. The van der Waals surface area contributed by atoms with Crippen molar-refractivity contribution < 1.29 is 4.79 Å². The summed E-state index contributed by atoms with van der Waals surface area (Å²) in [7, 11) is 0. The molecule has 1 amide bonds. The average Bonchev–Trinajstić information content (AvgIpc) is 3.16. The van der Waals surface area contributed by atoms with Crippen LogP contribution in [0.2, 0.25) is 0 Å². The molecule has 0 radical (unpaired) electrons. The Morgan fingerprint density at radius 1 is 1.16 bits per heavy atom. The normalized spacial score (nSPS) is 14.6. The smallest absolute Gasteiger partial charge is 0.266 e. The predicted octanol–water partition coefficient (Wildman–Crippen LogP) is 2.70. The number of carbonyl (C=O) groups is 1. The largest absolute Gasteiger partial charge is 0.354 e. The molecule has 1 aromatic heterocycles. The van der Waals surface area contributed by atoms with Gasteiger partial charge in [0.25, 0.3) is 5.56 Å². The van der Waals surface area contributed by atoms with E-state index in [9.17, 15) is 9.59 Å². The fraction of sp³-hybridized carbons (Fsp3) is 0.421. The average molecular weight is 357 g/mol. The SMILES string of the molecule is O=C(CSC1CCCC1)NCCn1nc(-c2ccccc2)ccc1=O. The van der Waals surface area contributed by atoms with Crippen LogP contribution in [0.4, 0.5) is 0 Å². The Kier molecular flexibility index (Phi) is 6.28. The fourth-order valence-electron chi connectivity index (χ4n) is 2.97. The van der Waals surface area contributed by atoms with E-state index in [2.05, 4.69) is 10.4 Å². The van der Waals surface area contributed by atoms with Gasteiger partial charge in [0.1, 0.15) is 0 Å². The molecule has 1 aromatic carbocycles. The van der Waals surface area contributed by atoms with Crippen LogP contribution in [0.1, 0.15) is 25.7 Å². The van der Waals surface area contributed by atoms with Crippen molar-refractivity contribution in [2.75, 3.05) is 12.3 Å². The number of nitrogens with zero attached hydrogens (tertiary/aromatic N) is 2. The maximum atomic E-state index is 12.0. The van der Waals surface area contributed by atoms with Crippen LogP contribution < -0.4 is 10.9 Å². The van der Waals surface area contributed by atoms with Crippen molar-refractivity contribution in [3.05, 3.63) is 52.8 Å². The van der Waals surface area contributed by atoms with Crippen LogP contribution in [0.25, 0.3) is 11.3 Å². The zero-order valence-corrected chi connectivity index (χ0v) is 15.0. The summed E-state index contributed by atoms with van der Waals surface area (Å²) in [5.41, 5.74) is 1.56. The van der Waals surface area contributed by atoms with E-state index >= 15 is 0 Å². The molecule has 132 valence electrons. The molecule has 0 bridgehead atoms. The van der Waals surface area contributed by atoms with Crippen molar-refractivity contribution in [2.45, 2.75) is 37.5 Å². The molecule has 0 atom stereocenters. The molecule has 1 aliphatic rings. The number of nitrogens with one attached hydrogen (secondary N) is 1. The minimum Gasteiger partial charge on any atom is -0.354 e. The summed E-state index contributed by atoms with van der Waals surface area (Å²) >= 11 is 1.75. The highest BCUT2D eigenvalue weighted by Crippen LogP contribution is 2.28. The summed E-state index contributed by atoms with van der Waals surface area (Å²) in [6.07, 6.45) is 5.02. The van der Waals surface area contributed by atoms with Crippen molar-refractivity contribution >= 4 is 17.7 Å². The van der Waals surface area contributed by atoms with E-state index < -0.39 is 0 Å². The van der Waals surface area contributed by atoms with Gasteiger partial charge in [0.05, 0.1) is 18.0 Å². The Labute approximate surface area is 151 Å². The van der Waals surface area contributed by atoms with Crippen LogP contribution in [0.15, 0.2) is 47.3 Å². The number of amides is 1. The molecule has 1 aliphatic carbocycles. The van der Waals surface area contributed by atoms with Crippen molar-refractivity contribution in [1.82, 2.24) is 15.1 Å². The molecule has 1 N–H and O–H groups in total. The number of rotatable bonds is 7. The predicted molar refractivity (Wildman–Crippen MR) is 102 cm³/mol. The number of hydrogen-bond donors (Lipinski definition) is 1. The molecule has 6 heteroatoms. The zero-order chi connectivity index (χ0) is 17.5. The van der Waals surface area contributed by atoms with E-state index in [1.54, 1.807) is 17.8 Å². The quantitative estimate of drug-likeness (QED) is 0.827. The molecule has 0 aliphatic heterocycles. The number of thioether (sulfide) groups is 1. The molecule has 25 heavy (non-hydrogen) atoms. The van der Waals surface area contributed by atoms with E-state index in [1.165, 1.54) is 36.4 Å². The van der Waals surface area contributed by atoms with Crippen LogP contribution in [0.5, 0.6) is 0 Å². The van der Waals surface area contributed by atoms with Crippen molar-refractivity contribution in [2.24, 2.45) is 0 Å². The van der Waals surface area contributed by atoms with Crippen molar-refractivity contribution in [3.63, 3.8) is 0 Å². The molecular formula is C19H23N3O2S. The van der Waals surface area contributed by atoms with Gasteiger partial charge in [-0.2, -0.15) is 5.10 Å². The zero-order valence-electron chi connectivity index (χ0n) is 14.2. The number of aromatic nitrogens is 2. The number of hydrogen-bond acceptors (Lipinski definition) is 4. The van der Waals surface area contributed by atoms with Crippen LogP contribution >= 0.6 is 11.8 Å². The minimum atomic E-state index is -0.158. The standard InChI is InChI=1S/C19H23N3O2S/c23-18(14-25-16-8-4-5-9-16)20-12-13-22-19(24)11-10-17(21-22)15-6-2-1-3-7-15/h1-3,6-7,10-11,16H,4-5,8-9,12-14H2,(H,20,23). The first-order valence-corrected chi connectivity index (χ1v) is 9.79. The summed E-state index contributed by atoms with van der Waals surface area (Å²) in [4.78, 5) is 23.9. The number of carbonyl (C=O) groups excluding carboxylic acids is 1. The van der Waals surface area contributed by atoms with E-state index in [1.807, 2.05) is 30.3 Å². The summed E-state index contributed by atoms with van der Waals surface area (Å²) in [6, 6.07) is 13.0. The van der Waals surface area contributed by atoms with Gasteiger partial charge in [-0.15, -0.1) is 11.8 Å². The molecule has 1 saturated carbocycles. The van der Waals surface area contributed by atoms with Crippen molar-refractivity contribution in [1.29, 1.82) is 0 Å². The van der Waals surface area contributed by atoms with Gasteiger partial charge in [0, 0.05) is 23.4 Å². The Hall–Kier alpha value is -2.08. The van der Waals surface area contributed by atoms with Gasteiger partial charge < -0.3 is 5.32 Å². The molecule has 5 nitrogen and oxygen atoms in total. The molecule has 1 fully saturated rings. The van der Waals surface area contributed by atoms with Crippen LogP contribution in [-0.4, -0.2) is 33.2 Å². The Balaban J connectivity index is 1.50. The van der Waals surface area contributed by atoms with Gasteiger partial charge in [-0.25, -0.2) is 4.68 Å². The van der Waals surface area contributed by atoms with Gasteiger partial charge in [-0.1, -0.05) is 43.2 Å². The second-order valence-electron chi connectivity index (χ2n) is 6.21. The molecule has 0 unspecified atom stereocenters. The Bertz CT molecular complexity index is 755. The third-order valence-electron chi connectivity index (χ3n) is 4.33. The summed E-state index contributed by atoms with van der Waals surface area (Å²) in [6.45, 7) is 0.786. The van der Waals surface area contributed by atoms with Crippen molar-refractivity contribution in [3.8, 4) is 11.3 Å². The van der Waals surface area contributed by atoms with Crippen LogP contribution in [-0.2, 0) is 11.3 Å². The first-order chi connectivity index (χ1) is 12.2. The highest BCUT2D eigenvalue weighted by Gasteiger charge is 2.16. The van der Waals surface area contributed by atoms with Gasteiger partial charge in [0.2, 0.25) is 5.91 Å². The molecule has 3 rings (SSSR count). The first-order valence-electron chi connectivity index (χ1n) is 8.74. The lowest BCUT2D eigenvalue weighted by molar-refractivity contribution is -0.118. The Morgan fingerprint density at radius 2 is 1.92 bits per heavy atom. The van der Waals surface area contributed by atoms with E-state index in [4.69, 9.17) is 0 Å². The summed E-state index contributed by atoms with van der Waals surface area (Å²) < 4.78 is 1.41. The first kappa shape index (κ1) is 17.7. The molecular weight excluding hydrogens is 334 g/mol. The maximum absolute atomic E-state index is 12.0. The van der Waals surface area contributed by atoms with Gasteiger partial charge in [-0.05, 0) is 18.9 Å². The molecule has 2 aromatic rings. The fourth-order valence-corrected chi connectivity index (χ4v) is 4.13. The molecule has 1 heterocycles. The molecule has 0 spiro atoms.